The van der Waals surface area contributed by atoms with E-state index in [1.54, 1.807) is 0 Å². The van der Waals surface area contributed by atoms with E-state index in [9.17, 15) is 10.2 Å². The lowest BCUT2D eigenvalue weighted by Gasteiger charge is -2.39. The van der Waals surface area contributed by atoms with E-state index in [1.807, 2.05) is 0 Å². The molecule has 0 spiro atoms. The predicted octanol–water partition coefficient (Wildman–Crippen LogP) is 7.99. The summed E-state index contributed by atoms with van der Waals surface area (Å²) < 4.78 is 0. The standard InChI is InChI=1S/C28H56O2Si2/c1-21(2)17-27(29,18-22(3)4)25(31(9,10)11)15-16-26(32(12,13)14)28(30,19-23(5)6)20-24(7)8/h21-24,29-30H,17-20H2,1-14H3. The largest absolute Gasteiger partial charge is 0.385 e. The van der Waals surface area contributed by atoms with Crippen molar-refractivity contribution in [2.75, 3.05) is 0 Å². The first kappa shape index (κ1) is 31.7. The second-order valence-corrected chi connectivity index (χ2v) is 24.0. The highest BCUT2D eigenvalue weighted by atomic mass is 28.3. The maximum absolute atomic E-state index is 12.0. The summed E-state index contributed by atoms with van der Waals surface area (Å²) in [5, 5.41) is 26.1. The molecule has 0 aromatic rings. The Bertz CT molecular complexity index is 610. The molecule has 0 amide bonds. The smallest absolute Gasteiger partial charge is 0.0904 e. The van der Waals surface area contributed by atoms with Crippen LogP contribution in [0.25, 0.3) is 0 Å². The Labute approximate surface area is 203 Å². The average molecular weight is 481 g/mol. The summed E-state index contributed by atoms with van der Waals surface area (Å²) in [6.07, 6.45) is 2.96. The van der Waals surface area contributed by atoms with Crippen molar-refractivity contribution in [2.24, 2.45) is 23.7 Å². The molecule has 32 heavy (non-hydrogen) atoms. The van der Waals surface area contributed by atoms with E-state index in [0.717, 1.165) is 36.1 Å². The first-order chi connectivity index (χ1) is 14.1. The summed E-state index contributed by atoms with van der Waals surface area (Å²) in [5.41, 5.74) is 5.45. The molecule has 0 aromatic carbocycles. The summed E-state index contributed by atoms with van der Waals surface area (Å²) in [7, 11) is -3.78. The van der Waals surface area contributed by atoms with E-state index in [-0.39, 0.29) is 0 Å². The van der Waals surface area contributed by atoms with Gasteiger partial charge in [-0.1, -0.05) is 106 Å². The van der Waals surface area contributed by atoms with Gasteiger partial charge in [-0.05, 0) is 59.7 Å². The summed E-state index contributed by atoms with van der Waals surface area (Å²) in [5.74, 6) is 1.58. The molecule has 0 unspecified atom stereocenters. The van der Waals surface area contributed by atoms with Gasteiger partial charge in [0, 0.05) is 0 Å². The Kier molecular flexibility index (Phi) is 11.7. The van der Waals surface area contributed by atoms with Crippen LogP contribution in [0.15, 0.2) is 21.9 Å². The van der Waals surface area contributed by atoms with E-state index >= 15 is 0 Å². The van der Waals surface area contributed by atoms with Crippen molar-refractivity contribution in [3.05, 3.63) is 21.9 Å². The zero-order valence-corrected chi connectivity index (χ0v) is 26.0. The molecule has 0 aliphatic heterocycles. The van der Waals surface area contributed by atoms with E-state index in [1.165, 1.54) is 0 Å². The van der Waals surface area contributed by atoms with Crippen LogP contribution in [0, 0.1) is 23.7 Å². The average Bonchev–Trinajstić information content (AvgIpc) is 2.44. The van der Waals surface area contributed by atoms with Crippen LogP contribution in [-0.2, 0) is 0 Å². The Hall–Kier alpha value is -0.346. The van der Waals surface area contributed by atoms with Crippen LogP contribution in [0.5, 0.6) is 0 Å². The zero-order chi connectivity index (χ0) is 25.7. The molecule has 2 N–H and O–H groups in total. The molecule has 0 fully saturated rings. The Morgan fingerprint density at radius 2 is 0.719 bits per heavy atom. The van der Waals surface area contributed by atoms with Crippen LogP contribution in [0.2, 0.25) is 39.3 Å². The lowest BCUT2D eigenvalue weighted by Crippen LogP contribution is -2.45. The van der Waals surface area contributed by atoms with Gasteiger partial charge >= 0.3 is 0 Å². The minimum atomic E-state index is -1.89. The second kappa shape index (κ2) is 11.9. The molecule has 0 radical (unpaired) electrons. The SMILES string of the molecule is CC(C)CC(O)(CC(C)C)C(=C=C=C(C(O)(CC(C)C)CC(C)C)[Si](C)(C)C)[Si](C)(C)C. The van der Waals surface area contributed by atoms with Gasteiger partial charge in [0.1, 0.15) is 0 Å². The van der Waals surface area contributed by atoms with Crippen LogP contribution in [-0.4, -0.2) is 37.6 Å². The molecule has 188 valence electrons. The maximum Gasteiger partial charge on any atom is 0.0904 e. The van der Waals surface area contributed by atoms with Crippen molar-refractivity contribution in [1.82, 2.24) is 0 Å². The van der Waals surface area contributed by atoms with E-state index < -0.39 is 27.3 Å². The summed E-state index contributed by atoms with van der Waals surface area (Å²) in [4.78, 5) is 0. The molecule has 0 aliphatic rings. The van der Waals surface area contributed by atoms with Crippen molar-refractivity contribution in [2.45, 2.75) is 132 Å². The van der Waals surface area contributed by atoms with Crippen LogP contribution in [0.3, 0.4) is 0 Å². The highest BCUT2D eigenvalue weighted by Crippen LogP contribution is 2.38. The van der Waals surface area contributed by atoms with Crippen LogP contribution < -0.4 is 0 Å². The Morgan fingerprint density at radius 1 is 0.531 bits per heavy atom. The molecule has 0 atom stereocenters. The lowest BCUT2D eigenvalue weighted by atomic mass is 9.84. The molecule has 0 heterocycles. The topological polar surface area (TPSA) is 40.5 Å². The lowest BCUT2D eigenvalue weighted by molar-refractivity contribution is 0.0401. The molecule has 0 rings (SSSR count). The van der Waals surface area contributed by atoms with Crippen LogP contribution in [0.4, 0.5) is 0 Å². The minimum Gasteiger partial charge on any atom is -0.385 e. The quantitative estimate of drug-likeness (QED) is 0.219. The monoisotopic (exact) mass is 480 g/mol. The molecule has 4 heteroatoms. The molecule has 0 saturated carbocycles. The summed E-state index contributed by atoms with van der Waals surface area (Å²) >= 11 is 0. The minimum absolute atomic E-state index is 0.395. The van der Waals surface area contributed by atoms with E-state index in [4.69, 9.17) is 0 Å². The van der Waals surface area contributed by atoms with Crippen molar-refractivity contribution in [3.8, 4) is 0 Å². The van der Waals surface area contributed by atoms with Gasteiger partial charge in [0.25, 0.3) is 0 Å². The number of hydrogen-bond acceptors (Lipinski definition) is 2. The van der Waals surface area contributed by atoms with E-state index in [2.05, 4.69) is 106 Å². The second-order valence-electron chi connectivity index (χ2n) is 14.0. The van der Waals surface area contributed by atoms with Gasteiger partial charge in [-0.15, -0.1) is 0 Å². The molecule has 0 bridgehead atoms. The molecular weight excluding hydrogens is 424 g/mol. The highest BCUT2D eigenvalue weighted by Gasteiger charge is 2.42. The molecule has 0 aromatic heterocycles. The van der Waals surface area contributed by atoms with Gasteiger partial charge < -0.3 is 10.2 Å². The van der Waals surface area contributed by atoms with Gasteiger partial charge in [0.15, 0.2) is 0 Å². The molecule has 2 nitrogen and oxygen atoms in total. The fourth-order valence-electron chi connectivity index (χ4n) is 5.41. The molecule has 0 saturated heterocycles. The van der Waals surface area contributed by atoms with Crippen LogP contribution in [0.1, 0.15) is 81.1 Å². The normalized spacial score (nSPS) is 13.8. The van der Waals surface area contributed by atoms with Crippen molar-refractivity contribution >= 4 is 16.1 Å². The Balaban J connectivity index is 7.39. The van der Waals surface area contributed by atoms with Gasteiger partial charge in [0.2, 0.25) is 0 Å². The fraction of sp³-hybridized carbons (Fsp3) is 0.857. The number of aliphatic hydroxyl groups is 2. The van der Waals surface area contributed by atoms with E-state index in [0.29, 0.717) is 23.7 Å². The maximum atomic E-state index is 12.0. The summed E-state index contributed by atoms with van der Waals surface area (Å²) in [6, 6.07) is 0. The van der Waals surface area contributed by atoms with Gasteiger partial charge in [0.05, 0.1) is 27.3 Å². The van der Waals surface area contributed by atoms with Crippen LogP contribution >= 0.6 is 0 Å². The molecular formula is C28H56O2Si2. The third-order valence-corrected chi connectivity index (χ3v) is 9.91. The van der Waals surface area contributed by atoms with Gasteiger partial charge in [-0.2, -0.15) is 0 Å². The summed E-state index contributed by atoms with van der Waals surface area (Å²) in [6.45, 7) is 31.3. The van der Waals surface area contributed by atoms with Crippen molar-refractivity contribution in [1.29, 1.82) is 0 Å². The first-order valence-corrected chi connectivity index (χ1v) is 19.9. The Morgan fingerprint density at radius 3 is 0.844 bits per heavy atom. The van der Waals surface area contributed by atoms with Crippen molar-refractivity contribution in [3.63, 3.8) is 0 Å². The first-order valence-electron chi connectivity index (χ1n) is 12.9. The third-order valence-electron chi connectivity index (χ3n) is 5.73. The number of rotatable bonds is 12. The van der Waals surface area contributed by atoms with Gasteiger partial charge in [-0.25, -0.2) is 0 Å². The number of hydrogen-bond donors (Lipinski definition) is 2. The fourth-order valence-corrected chi connectivity index (χ4v) is 9.48. The highest BCUT2D eigenvalue weighted by molar-refractivity contribution is 6.84. The molecule has 0 aliphatic carbocycles. The van der Waals surface area contributed by atoms with Crippen molar-refractivity contribution < 1.29 is 10.2 Å². The van der Waals surface area contributed by atoms with Gasteiger partial charge in [-0.3, -0.25) is 0 Å². The predicted molar refractivity (Wildman–Crippen MR) is 148 cm³/mol. The zero-order valence-electron chi connectivity index (χ0n) is 24.0. The third kappa shape index (κ3) is 10.3.